The quantitative estimate of drug-likeness (QED) is 0.234. The van der Waals surface area contributed by atoms with Crippen LogP contribution in [0.5, 0.6) is 11.5 Å². The van der Waals surface area contributed by atoms with Crippen LogP contribution < -0.4 is 0 Å². The van der Waals surface area contributed by atoms with Crippen molar-refractivity contribution in [1.82, 2.24) is 14.9 Å². The van der Waals surface area contributed by atoms with Crippen LogP contribution in [0.2, 0.25) is 0 Å². The first-order chi connectivity index (χ1) is 23.2. The molecule has 10 heteroatoms. The molecule has 2 N–H and O–H groups in total. The lowest BCUT2D eigenvalue weighted by atomic mass is 9.91. The average molecular weight is 652 g/mol. The van der Waals surface area contributed by atoms with Gasteiger partial charge in [0.05, 0.1) is 13.2 Å². The Labute approximate surface area is 280 Å². The summed E-state index contributed by atoms with van der Waals surface area (Å²) in [5, 5.41) is 22.8. The number of amides is 3. The minimum Gasteiger partial charge on any atom is -0.508 e. The fourth-order valence-corrected chi connectivity index (χ4v) is 6.58. The van der Waals surface area contributed by atoms with Gasteiger partial charge < -0.3 is 24.7 Å². The molecule has 0 radical (unpaired) electrons. The maximum absolute atomic E-state index is 14.3. The predicted molar refractivity (Wildman–Crippen MR) is 180 cm³/mol. The lowest BCUT2D eigenvalue weighted by Crippen LogP contribution is -2.74. The van der Waals surface area contributed by atoms with Crippen molar-refractivity contribution in [2.45, 2.75) is 57.8 Å². The lowest BCUT2D eigenvalue weighted by molar-refractivity contribution is -0.268. The summed E-state index contributed by atoms with van der Waals surface area (Å²) in [7, 11) is 0. The number of carbonyl (C=O) groups is 3. The number of benzene rings is 4. The summed E-state index contributed by atoms with van der Waals surface area (Å²) < 4.78 is 5.70. The van der Waals surface area contributed by atoms with Gasteiger partial charge in [-0.3, -0.25) is 14.4 Å². The van der Waals surface area contributed by atoms with Gasteiger partial charge in [-0.15, -0.1) is 0 Å². The van der Waals surface area contributed by atoms with Gasteiger partial charge in [-0.05, 0) is 64.1 Å². The number of fused-ring (bicyclic) bond motifs is 2. The standard InChI is InChI=1S/C38H41N3O7/c1-3-25(2)35-37(45)39(21-19-29-9-6-8-28-7-4-5-10-32(28)29)24-34-40(35)36(44)33(23-27-13-17-31(43)18-14-27)48-41(34)38(46)47-22-20-26-11-15-30(42)16-12-26/h4-18,25,33-35,42-43H,3,19-24H2,1-2H3/t25-,33-,34-,35-/m0/s1. The molecule has 2 aliphatic rings. The Bertz CT molecular complexity index is 1760. The van der Waals surface area contributed by atoms with Gasteiger partial charge in [-0.25, -0.2) is 4.79 Å². The molecule has 0 aromatic heterocycles. The predicted octanol–water partition coefficient (Wildman–Crippen LogP) is 5.44. The number of carbonyl (C=O) groups excluding carboxylic acids is 3. The van der Waals surface area contributed by atoms with E-state index in [1.54, 1.807) is 46.2 Å². The Kier molecular flexibility index (Phi) is 9.82. The molecule has 4 atom stereocenters. The monoisotopic (exact) mass is 651 g/mol. The van der Waals surface area contributed by atoms with Crippen LogP contribution in [-0.4, -0.2) is 81.0 Å². The number of ether oxygens (including phenoxy) is 1. The maximum atomic E-state index is 14.3. The second-order valence-electron chi connectivity index (χ2n) is 12.6. The van der Waals surface area contributed by atoms with E-state index in [4.69, 9.17) is 9.57 Å². The number of nitrogens with zero attached hydrogens (tertiary/aromatic N) is 3. The summed E-state index contributed by atoms with van der Waals surface area (Å²) in [4.78, 5) is 51.7. The SMILES string of the molecule is CC[C@H](C)[C@H]1C(=O)N(CCc2cccc3ccccc23)C[C@@H]2N(C(=O)OCCc3ccc(O)cc3)O[C@@H](Cc3ccc(O)cc3)C(=O)N12. The van der Waals surface area contributed by atoms with E-state index in [1.165, 1.54) is 12.1 Å². The molecule has 0 saturated carbocycles. The minimum absolute atomic E-state index is 0.0469. The van der Waals surface area contributed by atoms with Crippen molar-refractivity contribution in [3.8, 4) is 11.5 Å². The van der Waals surface area contributed by atoms with Gasteiger partial charge in [0.1, 0.15) is 17.5 Å². The number of phenols is 2. The molecular weight excluding hydrogens is 610 g/mol. The number of hydrogen-bond donors (Lipinski definition) is 2. The molecule has 2 fully saturated rings. The molecule has 3 amide bonds. The van der Waals surface area contributed by atoms with Gasteiger partial charge in [0.15, 0.2) is 12.3 Å². The molecule has 0 bridgehead atoms. The normalized spacial score (nSPS) is 20.1. The zero-order valence-corrected chi connectivity index (χ0v) is 27.2. The number of rotatable bonds is 10. The van der Waals surface area contributed by atoms with Crippen molar-refractivity contribution < 1.29 is 34.2 Å². The van der Waals surface area contributed by atoms with Gasteiger partial charge in [0.25, 0.3) is 5.91 Å². The molecule has 6 rings (SSSR count). The van der Waals surface area contributed by atoms with Crippen LogP contribution in [0.15, 0.2) is 91.0 Å². The highest BCUT2D eigenvalue weighted by Crippen LogP contribution is 2.33. The number of phenolic OH excluding ortho intramolecular Hbond substituents is 2. The maximum Gasteiger partial charge on any atom is 0.436 e. The fourth-order valence-electron chi connectivity index (χ4n) is 6.58. The van der Waals surface area contributed by atoms with Gasteiger partial charge in [0, 0.05) is 19.4 Å². The zero-order chi connectivity index (χ0) is 33.8. The third-order valence-electron chi connectivity index (χ3n) is 9.41. The van der Waals surface area contributed by atoms with Crippen molar-refractivity contribution in [1.29, 1.82) is 0 Å². The fraction of sp³-hybridized carbons (Fsp3) is 0.342. The Hall–Kier alpha value is -5.09. The molecule has 4 aromatic rings. The zero-order valence-electron chi connectivity index (χ0n) is 27.2. The second-order valence-corrected chi connectivity index (χ2v) is 12.6. The highest BCUT2D eigenvalue weighted by molar-refractivity contribution is 5.92. The Balaban J connectivity index is 1.28. The van der Waals surface area contributed by atoms with Crippen LogP contribution in [0.25, 0.3) is 10.8 Å². The highest BCUT2D eigenvalue weighted by atomic mass is 16.7. The van der Waals surface area contributed by atoms with E-state index < -0.39 is 24.4 Å². The van der Waals surface area contributed by atoms with E-state index in [2.05, 4.69) is 24.3 Å². The van der Waals surface area contributed by atoms with Crippen molar-refractivity contribution in [3.05, 3.63) is 108 Å². The first-order valence-corrected chi connectivity index (χ1v) is 16.5. The summed E-state index contributed by atoms with van der Waals surface area (Å²) in [6, 6.07) is 26.6. The van der Waals surface area contributed by atoms with E-state index in [0.29, 0.717) is 25.8 Å². The molecule has 0 unspecified atom stereocenters. The average Bonchev–Trinajstić information content (AvgIpc) is 3.10. The summed E-state index contributed by atoms with van der Waals surface area (Å²) in [6.45, 7) is 4.45. The van der Waals surface area contributed by atoms with Gasteiger partial charge in [-0.1, -0.05) is 87.0 Å². The van der Waals surface area contributed by atoms with Gasteiger partial charge in [-0.2, -0.15) is 5.06 Å². The molecule has 2 saturated heterocycles. The van der Waals surface area contributed by atoms with Crippen LogP contribution >= 0.6 is 0 Å². The van der Waals surface area contributed by atoms with Crippen LogP contribution in [0.1, 0.15) is 37.0 Å². The van der Waals surface area contributed by atoms with Crippen LogP contribution in [0.3, 0.4) is 0 Å². The van der Waals surface area contributed by atoms with E-state index in [-0.39, 0.29) is 48.8 Å². The molecule has 48 heavy (non-hydrogen) atoms. The Morgan fingerprint density at radius 2 is 1.54 bits per heavy atom. The number of piperazine rings is 1. The minimum atomic E-state index is -1.09. The summed E-state index contributed by atoms with van der Waals surface area (Å²) in [5.74, 6) is -0.469. The molecule has 250 valence electrons. The smallest absolute Gasteiger partial charge is 0.436 e. The number of hydroxylamine groups is 2. The van der Waals surface area contributed by atoms with Gasteiger partial charge in [0.2, 0.25) is 5.91 Å². The first kappa shape index (κ1) is 32.8. The summed E-state index contributed by atoms with van der Waals surface area (Å²) >= 11 is 0. The van der Waals surface area contributed by atoms with Crippen molar-refractivity contribution in [2.24, 2.45) is 5.92 Å². The van der Waals surface area contributed by atoms with Crippen LogP contribution in [0.4, 0.5) is 4.79 Å². The first-order valence-electron chi connectivity index (χ1n) is 16.5. The number of hydrogen-bond acceptors (Lipinski definition) is 7. The topological polar surface area (TPSA) is 120 Å². The molecule has 10 nitrogen and oxygen atoms in total. The van der Waals surface area contributed by atoms with Crippen molar-refractivity contribution in [2.75, 3.05) is 19.7 Å². The summed E-state index contributed by atoms with van der Waals surface area (Å²) in [6.07, 6.45) is -0.942. The number of aromatic hydroxyl groups is 2. The van der Waals surface area contributed by atoms with E-state index in [1.807, 2.05) is 32.0 Å². The third kappa shape index (κ3) is 6.94. The molecule has 2 heterocycles. The van der Waals surface area contributed by atoms with Crippen molar-refractivity contribution in [3.63, 3.8) is 0 Å². The summed E-state index contributed by atoms with van der Waals surface area (Å²) in [5.41, 5.74) is 2.71. The van der Waals surface area contributed by atoms with Crippen LogP contribution in [0, 0.1) is 5.92 Å². The van der Waals surface area contributed by atoms with Gasteiger partial charge >= 0.3 is 6.09 Å². The molecule has 4 aromatic carbocycles. The molecule has 0 spiro atoms. The van der Waals surface area contributed by atoms with E-state index in [0.717, 1.165) is 32.5 Å². The largest absolute Gasteiger partial charge is 0.508 e. The Morgan fingerprint density at radius 1 is 0.875 bits per heavy atom. The molecule has 0 aliphatic carbocycles. The molecular formula is C38H41N3O7. The molecule has 2 aliphatic heterocycles. The van der Waals surface area contributed by atoms with Crippen molar-refractivity contribution >= 4 is 28.7 Å². The van der Waals surface area contributed by atoms with E-state index >= 15 is 0 Å². The second kappa shape index (κ2) is 14.4. The highest BCUT2D eigenvalue weighted by Gasteiger charge is 2.54. The Morgan fingerprint density at radius 3 is 2.25 bits per heavy atom. The third-order valence-corrected chi connectivity index (χ3v) is 9.41. The van der Waals surface area contributed by atoms with E-state index in [9.17, 15) is 24.6 Å². The van der Waals surface area contributed by atoms with Crippen LogP contribution in [-0.2, 0) is 38.4 Å². The lowest BCUT2D eigenvalue weighted by Gasteiger charge is -2.53.